The van der Waals surface area contributed by atoms with Gasteiger partial charge in [0.25, 0.3) is 5.91 Å². The van der Waals surface area contributed by atoms with Crippen molar-refractivity contribution >= 4 is 28.2 Å². The first-order chi connectivity index (χ1) is 9.52. The molecule has 0 aromatic carbocycles. The third-order valence-electron chi connectivity index (χ3n) is 2.53. The van der Waals surface area contributed by atoms with E-state index in [-0.39, 0.29) is 12.4 Å². The topological polar surface area (TPSA) is 81.4 Å². The monoisotopic (exact) mass is 294 g/mol. The van der Waals surface area contributed by atoms with Crippen LogP contribution in [0.3, 0.4) is 0 Å². The Balaban J connectivity index is 2.23. The van der Waals surface area contributed by atoms with Gasteiger partial charge in [-0.25, -0.2) is 9.78 Å². The van der Waals surface area contributed by atoms with Crippen molar-refractivity contribution in [2.45, 2.75) is 20.8 Å². The molecule has 6 nitrogen and oxygen atoms in total. The van der Waals surface area contributed by atoms with Crippen molar-refractivity contribution < 1.29 is 18.7 Å². The van der Waals surface area contributed by atoms with Gasteiger partial charge < -0.3 is 14.5 Å². The van der Waals surface area contributed by atoms with Gasteiger partial charge in [0.1, 0.15) is 5.00 Å². The first kappa shape index (κ1) is 14.3. The number of aromatic nitrogens is 1. The third-order valence-corrected chi connectivity index (χ3v) is 3.50. The molecule has 2 aromatic rings. The molecular weight excluding hydrogens is 280 g/mol. The second-order valence-electron chi connectivity index (χ2n) is 4.04. The van der Waals surface area contributed by atoms with Crippen molar-refractivity contribution in [1.29, 1.82) is 0 Å². The van der Waals surface area contributed by atoms with E-state index in [0.717, 1.165) is 4.88 Å². The van der Waals surface area contributed by atoms with Crippen LogP contribution >= 0.6 is 11.3 Å². The SMILES string of the molecule is CCOC(=O)c1cc(C)sc1NC(=O)c1ocnc1C. The maximum absolute atomic E-state index is 12.0. The van der Waals surface area contributed by atoms with Gasteiger partial charge in [-0.3, -0.25) is 4.79 Å². The molecule has 0 radical (unpaired) electrons. The Bertz CT molecular complexity index is 645. The van der Waals surface area contributed by atoms with Gasteiger partial charge in [0.15, 0.2) is 6.39 Å². The van der Waals surface area contributed by atoms with Crippen LogP contribution in [-0.2, 0) is 4.74 Å². The fourth-order valence-corrected chi connectivity index (χ4v) is 2.54. The van der Waals surface area contributed by atoms with E-state index in [1.807, 2.05) is 6.92 Å². The van der Waals surface area contributed by atoms with Gasteiger partial charge in [0.2, 0.25) is 5.76 Å². The molecule has 20 heavy (non-hydrogen) atoms. The molecule has 0 unspecified atom stereocenters. The zero-order valence-corrected chi connectivity index (χ0v) is 12.2. The number of carbonyl (C=O) groups excluding carboxylic acids is 2. The third kappa shape index (κ3) is 2.88. The Morgan fingerprint density at radius 3 is 2.80 bits per heavy atom. The van der Waals surface area contributed by atoms with E-state index >= 15 is 0 Å². The van der Waals surface area contributed by atoms with Gasteiger partial charge in [-0.1, -0.05) is 0 Å². The Morgan fingerprint density at radius 1 is 1.45 bits per heavy atom. The summed E-state index contributed by atoms with van der Waals surface area (Å²) in [6, 6.07) is 1.69. The molecular formula is C13H14N2O4S. The number of nitrogens with one attached hydrogen (secondary N) is 1. The van der Waals surface area contributed by atoms with Crippen LogP contribution in [-0.4, -0.2) is 23.5 Å². The number of rotatable bonds is 4. The van der Waals surface area contributed by atoms with Crippen molar-refractivity contribution in [2.75, 3.05) is 11.9 Å². The highest BCUT2D eigenvalue weighted by atomic mass is 32.1. The lowest BCUT2D eigenvalue weighted by molar-refractivity contribution is 0.0528. The molecule has 0 saturated heterocycles. The molecule has 2 rings (SSSR count). The summed E-state index contributed by atoms with van der Waals surface area (Å²) in [6.07, 6.45) is 1.20. The van der Waals surface area contributed by atoms with E-state index in [2.05, 4.69) is 10.3 Å². The van der Waals surface area contributed by atoms with Crippen LogP contribution in [0.2, 0.25) is 0 Å². The summed E-state index contributed by atoms with van der Waals surface area (Å²) in [5, 5.41) is 3.10. The van der Waals surface area contributed by atoms with Gasteiger partial charge >= 0.3 is 5.97 Å². The highest BCUT2D eigenvalue weighted by Gasteiger charge is 2.20. The predicted octanol–water partition coefficient (Wildman–Crippen LogP) is 2.78. The van der Waals surface area contributed by atoms with Gasteiger partial charge in [-0.15, -0.1) is 11.3 Å². The lowest BCUT2D eigenvalue weighted by Gasteiger charge is -2.04. The number of carbonyl (C=O) groups is 2. The van der Waals surface area contributed by atoms with E-state index in [1.54, 1.807) is 19.9 Å². The molecule has 1 amide bonds. The first-order valence-corrected chi connectivity index (χ1v) is 6.83. The van der Waals surface area contributed by atoms with Gasteiger partial charge in [-0.2, -0.15) is 0 Å². The number of nitrogens with zero attached hydrogens (tertiary/aromatic N) is 1. The number of ether oxygens (including phenoxy) is 1. The number of thiophene rings is 1. The molecule has 7 heteroatoms. The smallest absolute Gasteiger partial charge is 0.341 e. The van der Waals surface area contributed by atoms with Gasteiger partial charge in [-0.05, 0) is 26.8 Å². The van der Waals surface area contributed by atoms with Crippen LogP contribution in [0.4, 0.5) is 5.00 Å². The molecule has 0 fully saturated rings. The zero-order valence-electron chi connectivity index (χ0n) is 11.4. The van der Waals surface area contributed by atoms with Gasteiger partial charge in [0, 0.05) is 4.88 Å². The van der Waals surface area contributed by atoms with Crippen molar-refractivity contribution in [3.63, 3.8) is 0 Å². The summed E-state index contributed by atoms with van der Waals surface area (Å²) in [5.74, 6) is -0.764. The molecule has 0 aliphatic heterocycles. The second kappa shape index (κ2) is 5.87. The van der Waals surface area contributed by atoms with E-state index in [0.29, 0.717) is 16.3 Å². The minimum absolute atomic E-state index is 0.130. The fourth-order valence-electron chi connectivity index (χ4n) is 1.65. The summed E-state index contributed by atoms with van der Waals surface area (Å²) in [4.78, 5) is 28.6. The van der Waals surface area contributed by atoms with Crippen molar-refractivity contribution in [3.8, 4) is 0 Å². The molecule has 0 bridgehead atoms. The second-order valence-corrected chi connectivity index (χ2v) is 5.30. The number of hydrogen-bond donors (Lipinski definition) is 1. The molecule has 0 aliphatic carbocycles. The number of hydrogen-bond acceptors (Lipinski definition) is 6. The number of aryl methyl sites for hydroxylation is 2. The minimum atomic E-state index is -0.457. The normalized spacial score (nSPS) is 10.3. The Labute approximate surface area is 119 Å². The number of esters is 1. The number of anilines is 1. The van der Waals surface area contributed by atoms with E-state index in [9.17, 15) is 9.59 Å². The van der Waals surface area contributed by atoms with E-state index in [4.69, 9.17) is 9.15 Å². The zero-order chi connectivity index (χ0) is 14.7. The quantitative estimate of drug-likeness (QED) is 0.877. The Hall–Kier alpha value is -2.15. The van der Waals surface area contributed by atoms with Crippen LogP contribution < -0.4 is 5.32 Å². The maximum Gasteiger partial charge on any atom is 0.341 e. The molecule has 2 heterocycles. The van der Waals surface area contributed by atoms with Crippen LogP contribution in [0, 0.1) is 13.8 Å². The minimum Gasteiger partial charge on any atom is -0.462 e. The summed E-state index contributed by atoms with van der Waals surface area (Å²) in [5.41, 5.74) is 0.841. The van der Waals surface area contributed by atoms with Crippen LogP contribution in [0.25, 0.3) is 0 Å². The number of amides is 1. The molecule has 0 aliphatic rings. The summed E-state index contributed by atoms with van der Waals surface area (Å²) < 4.78 is 9.98. The van der Waals surface area contributed by atoms with Crippen molar-refractivity contribution in [1.82, 2.24) is 4.98 Å². The highest BCUT2D eigenvalue weighted by molar-refractivity contribution is 7.16. The predicted molar refractivity (Wildman–Crippen MR) is 74.2 cm³/mol. The standard InChI is InChI=1S/C13H14N2O4S/c1-4-18-13(17)9-5-7(2)20-12(9)15-11(16)10-8(3)14-6-19-10/h5-6H,4H2,1-3H3,(H,15,16). The summed E-state index contributed by atoms with van der Waals surface area (Å²) in [6.45, 7) is 5.53. The summed E-state index contributed by atoms with van der Waals surface area (Å²) >= 11 is 1.31. The van der Waals surface area contributed by atoms with Crippen LogP contribution in [0.1, 0.15) is 38.4 Å². The van der Waals surface area contributed by atoms with E-state index < -0.39 is 11.9 Å². The van der Waals surface area contributed by atoms with Crippen molar-refractivity contribution in [2.24, 2.45) is 0 Å². The molecule has 2 aromatic heterocycles. The molecule has 0 atom stereocenters. The molecule has 1 N–H and O–H groups in total. The van der Waals surface area contributed by atoms with E-state index in [1.165, 1.54) is 17.7 Å². The highest BCUT2D eigenvalue weighted by Crippen LogP contribution is 2.29. The Kier molecular flexibility index (Phi) is 4.19. The van der Waals surface area contributed by atoms with Crippen LogP contribution in [0.15, 0.2) is 16.9 Å². The largest absolute Gasteiger partial charge is 0.462 e. The lowest BCUT2D eigenvalue weighted by atomic mass is 10.3. The number of oxazole rings is 1. The fraction of sp³-hybridized carbons (Fsp3) is 0.308. The molecule has 0 saturated carbocycles. The average Bonchev–Trinajstić information content (AvgIpc) is 2.96. The lowest BCUT2D eigenvalue weighted by Crippen LogP contribution is -2.14. The maximum atomic E-state index is 12.0. The van der Waals surface area contributed by atoms with Gasteiger partial charge in [0.05, 0.1) is 17.9 Å². The average molecular weight is 294 g/mol. The van der Waals surface area contributed by atoms with Crippen molar-refractivity contribution in [3.05, 3.63) is 34.4 Å². The summed E-state index contributed by atoms with van der Waals surface area (Å²) in [7, 11) is 0. The molecule has 106 valence electrons. The van der Waals surface area contributed by atoms with Crippen LogP contribution in [0.5, 0.6) is 0 Å². The molecule has 0 spiro atoms. The first-order valence-electron chi connectivity index (χ1n) is 6.02. The Morgan fingerprint density at radius 2 is 2.20 bits per heavy atom.